The Bertz CT molecular complexity index is 572. The Labute approximate surface area is 118 Å². The summed E-state index contributed by atoms with van der Waals surface area (Å²) >= 11 is 0. The Morgan fingerprint density at radius 1 is 1.25 bits per heavy atom. The third-order valence-electron chi connectivity index (χ3n) is 3.49. The minimum Gasteiger partial charge on any atom is -0.478 e. The van der Waals surface area contributed by atoms with Gasteiger partial charge in [-0.15, -0.1) is 12.3 Å². The number of carbonyl (C=O) groups is 2. The maximum Gasteiger partial charge on any atom is 0.335 e. The number of carboxylic acids is 1. The lowest BCUT2D eigenvalue weighted by Gasteiger charge is -2.14. The van der Waals surface area contributed by atoms with Gasteiger partial charge in [0.25, 0.3) is 0 Å². The van der Waals surface area contributed by atoms with E-state index in [1.165, 1.54) is 0 Å². The summed E-state index contributed by atoms with van der Waals surface area (Å²) in [5.41, 5.74) is 2.24. The first kappa shape index (κ1) is 14.1. The second-order valence-electron chi connectivity index (χ2n) is 4.95. The summed E-state index contributed by atoms with van der Waals surface area (Å²) in [5, 5.41) is 8.96. The molecule has 0 aliphatic carbocycles. The van der Waals surface area contributed by atoms with Crippen molar-refractivity contribution in [1.82, 2.24) is 4.90 Å². The van der Waals surface area contributed by atoms with Gasteiger partial charge in [-0.2, -0.15) is 0 Å². The normalized spacial score (nSPS) is 12.8. The molecule has 1 amide bonds. The van der Waals surface area contributed by atoms with Gasteiger partial charge < -0.3 is 10.0 Å². The second kappa shape index (κ2) is 6.25. The molecule has 0 saturated heterocycles. The molecule has 0 spiro atoms. The number of benzene rings is 1. The predicted octanol–water partition coefficient (Wildman–Crippen LogP) is 2.42. The van der Waals surface area contributed by atoms with E-state index < -0.39 is 5.97 Å². The third kappa shape index (κ3) is 3.18. The number of unbranched alkanes of at least 4 members (excludes halogenated alkanes) is 2. The second-order valence-corrected chi connectivity index (χ2v) is 4.95. The molecule has 2 rings (SSSR count). The number of carboxylic acid groups (broad SMARTS) is 1. The molecule has 0 bridgehead atoms. The van der Waals surface area contributed by atoms with Gasteiger partial charge in [-0.25, -0.2) is 4.79 Å². The summed E-state index contributed by atoms with van der Waals surface area (Å²) in [6.45, 7) is 1.08. The number of fused-ring (bicyclic) bond motifs is 1. The molecule has 1 aliphatic rings. The SMILES string of the molecule is C#CCCCCC(=O)N1Cc2ccc(C(=O)O)cc2C1. The van der Waals surface area contributed by atoms with Crippen LogP contribution >= 0.6 is 0 Å². The lowest BCUT2D eigenvalue weighted by atomic mass is 10.1. The van der Waals surface area contributed by atoms with Crippen LogP contribution in [-0.2, 0) is 17.9 Å². The van der Waals surface area contributed by atoms with Crippen LogP contribution in [-0.4, -0.2) is 21.9 Å². The highest BCUT2D eigenvalue weighted by molar-refractivity contribution is 5.88. The zero-order chi connectivity index (χ0) is 14.5. The van der Waals surface area contributed by atoms with E-state index >= 15 is 0 Å². The zero-order valence-corrected chi connectivity index (χ0v) is 11.3. The number of nitrogens with zero attached hydrogens (tertiary/aromatic N) is 1. The van der Waals surface area contributed by atoms with E-state index in [4.69, 9.17) is 11.5 Å². The van der Waals surface area contributed by atoms with Crippen molar-refractivity contribution in [2.75, 3.05) is 0 Å². The van der Waals surface area contributed by atoms with Crippen LogP contribution in [0.15, 0.2) is 18.2 Å². The van der Waals surface area contributed by atoms with Gasteiger partial charge in [0.05, 0.1) is 5.56 Å². The molecule has 4 nitrogen and oxygen atoms in total. The minimum absolute atomic E-state index is 0.107. The molecule has 0 atom stereocenters. The third-order valence-corrected chi connectivity index (χ3v) is 3.49. The van der Waals surface area contributed by atoms with Crippen molar-refractivity contribution >= 4 is 11.9 Å². The lowest BCUT2D eigenvalue weighted by Crippen LogP contribution is -2.24. The van der Waals surface area contributed by atoms with Crippen LogP contribution in [0.3, 0.4) is 0 Å². The average Bonchev–Trinajstić information content (AvgIpc) is 2.86. The fraction of sp³-hybridized carbons (Fsp3) is 0.375. The van der Waals surface area contributed by atoms with Crippen molar-refractivity contribution in [2.45, 2.75) is 38.8 Å². The zero-order valence-electron chi connectivity index (χ0n) is 11.3. The molecule has 104 valence electrons. The molecule has 0 fully saturated rings. The number of hydrogen-bond acceptors (Lipinski definition) is 2. The monoisotopic (exact) mass is 271 g/mol. The van der Waals surface area contributed by atoms with Gasteiger partial charge in [0.2, 0.25) is 5.91 Å². The number of amides is 1. The van der Waals surface area contributed by atoms with Crippen LogP contribution in [0.2, 0.25) is 0 Å². The highest BCUT2D eigenvalue weighted by atomic mass is 16.4. The standard InChI is InChI=1S/C16H17NO3/c1-2-3-4-5-6-15(18)17-10-13-8-7-12(16(19)20)9-14(13)11-17/h1,7-9H,3-6,10-11H2,(H,19,20). The molecule has 1 heterocycles. The van der Waals surface area contributed by atoms with Crippen molar-refractivity contribution in [2.24, 2.45) is 0 Å². The van der Waals surface area contributed by atoms with Gasteiger partial charge >= 0.3 is 5.97 Å². The highest BCUT2D eigenvalue weighted by Crippen LogP contribution is 2.24. The van der Waals surface area contributed by atoms with E-state index in [0.717, 1.165) is 24.0 Å². The van der Waals surface area contributed by atoms with Crippen molar-refractivity contribution in [1.29, 1.82) is 0 Å². The molecule has 20 heavy (non-hydrogen) atoms. The van der Waals surface area contributed by atoms with E-state index in [1.807, 2.05) is 0 Å². The number of carbonyl (C=O) groups excluding carboxylic acids is 1. The van der Waals surface area contributed by atoms with Gasteiger partial charge in [-0.3, -0.25) is 4.79 Å². The summed E-state index contributed by atoms with van der Waals surface area (Å²) < 4.78 is 0. The molecule has 0 radical (unpaired) electrons. The first-order chi connectivity index (χ1) is 9.61. The van der Waals surface area contributed by atoms with E-state index in [1.54, 1.807) is 23.1 Å². The molecule has 0 unspecified atom stereocenters. The maximum absolute atomic E-state index is 12.1. The average molecular weight is 271 g/mol. The molecular weight excluding hydrogens is 254 g/mol. The molecule has 0 saturated carbocycles. The first-order valence-electron chi connectivity index (χ1n) is 6.68. The summed E-state index contributed by atoms with van der Waals surface area (Å²) in [6, 6.07) is 5.04. The molecule has 1 aromatic carbocycles. The van der Waals surface area contributed by atoms with Crippen molar-refractivity contribution in [3.8, 4) is 12.3 Å². The highest BCUT2D eigenvalue weighted by Gasteiger charge is 2.23. The molecule has 1 aromatic rings. The van der Waals surface area contributed by atoms with Crippen LogP contribution in [0.5, 0.6) is 0 Å². The van der Waals surface area contributed by atoms with Crippen molar-refractivity contribution in [3.05, 3.63) is 34.9 Å². The summed E-state index contributed by atoms with van der Waals surface area (Å²) in [6.07, 6.45) is 8.04. The minimum atomic E-state index is -0.938. The lowest BCUT2D eigenvalue weighted by molar-refractivity contribution is -0.131. The van der Waals surface area contributed by atoms with E-state index in [2.05, 4.69) is 5.92 Å². The van der Waals surface area contributed by atoms with Gasteiger partial charge in [0.15, 0.2) is 0 Å². The summed E-state index contributed by atoms with van der Waals surface area (Å²) in [7, 11) is 0. The first-order valence-corrected chi connectivity index (χ1v) is 6.68. The van der Waals surface area contributed by atoms with Gasteiger partial charge in [-0.05, 0) is 36.1 Å². The molecule has 1 aliphatic heterocycles. The van der Waals surface area contributed by atoms with Crippen molar-refractivity contribution in [3.63, 3.8) is 0 Å². The molecule has 0 aromatic heterocycles. The summed E-state index contributed by atoms with van der Waals surface area (Å²) in [4.78, 5) is 24.7. The predicted molar refractivity (Wildman–Crippen MR) is 75.0 cm³/mol. The Morgan fingerprint density at radius 3 is 2.70 bits per heavy atom. The number of aromatic carboxylic acids is 1. The van der Waals surface area contributed by atoms with Gasteiger partial charge in [0.1, 0.15) is 0 Å². The largest absolute Gasteiger partial charge is 0.478 e. The Kier molecular flexibility index (Phi) is 4.41. The van der Waals surface area contributed by atoms with E-state index in [-0.39, 0.29) is 11.5 Å². The molecule has 1 N–H and O–H groups in total. The fourth-order valence-electron chi connectivity index (χ4n) is 2.37. The maximum atomic E-state index is 12.1. The number of rotatable bonds is 5. The number of terminal acetylenes is 1. The molecule has 4 heteroatoms. The number of hydrogen-bond donors (Lipinski definition) is 1. The van der Waals surface area contributed by atoms with E-state index in [0.29, 0.717) is 25.9 Å². The van der Waals surface area contributed by atoms with Crippen molar-refractivity contribution < 1.29 is 14.7 Å². The fourth-order valence-corrected chi connectivity index (χ4v) is 2.37. The Balaban J connectivity index is 1.94. The quantitative estimate of drug-likeness (QED) is 0.661. The summed E-state index contributed by atoms with van der Waals surface area (Å²) in [5.74, 6) is 1.73. The van der Waals surface area contributed by atoms with Gasteiger partial charge in [-0.1, -0.05) is 6.07 Å². The topological polar surface area (TPSA) is 57.6 Å². The van der Waals surface area contributed by atoms with Crippen LogP contribution in [0.4, 0.5) is 0 Å². The Morgan fingerprint density at radius 2 is 2.00 bits per heavy atom. The van der Waals surface area contributed by atoms with Gasteiger partial charge in [0, 0.05) is 25.9 Å². The van der Waals surface area contributed by atoms with Crippen LogP contribution < -0.4 is 0 Å². The molecular formula is C16H17NO3. The van der Waals surface area contributed by atoms with Crippen LogP contribution in [0.25, 0.3) is 0 Å². The Hall–Kier alpha value is -2.28. The van der Waals surface area contributed by atoms with Crippen LogP contribution in [0, 0.1) is 12.3 Å². The van der Waals surface area contributed by atoms with E-state index in [9.17, 15) is 9.59 Å². The smallest absolute Gasteiger partial charge is 0.335 e. The van der Waals surface area contributed by atoms with Crippen LogP contribution in [0.1, 0.15) is 47.2 Å².